The van der Waals surface area contributed by atoms with E-state index in [0.717, 1.165) is 11.3 Å². The second-order valence-corrected chi connectivity index (χ2v) is 7.18. The Labute approximate surface area is 166 Å². The number of hydrogen-bond acceptors (Lipinski definition) is 5. The number of nitrogens with zero attached hydrogens (tertiary/aromatic N) is 1. The number of hydrogen-bond donors (Lipinski definition) is 1. The smallest absolute Gasteiger partial charge is 0.264 e. The first kappa shape index (κ1) is 18.0. The molecule has 0 radical (unpaired) electrons. The second-order valence-electron chi connectivity index (χ2n) is 6.15. The summed E-state index contributed by atoms with van der Waals surface area (Å²) in [5, 5.41) is 3.30. The molecule has 1 aromatic heterocycles. The van der Waals surface area contributed by atoms with Crippen molar-refractivity contribution in [2.75, 3.05) is 0 Å². The predicted octanol–water partition coefficient (Wildman–Crippen LogP) is 5.04. The molecule has 6 heteroatoms. The Kier molecular flexibility index (Phi) is 4.95. The molecule has 1 N–H and O–H groups in total. The molecule has 2 aromatic carbocycles. The molecule has 3 aromatic rings. The third-order valence-corrected chi connectivity index (χ3v) is 5.02. The Morgan fingerprint density at radius 1 is 1.04 bits per heavy atom. The molecule has 0 bridgehead atoms. The Hall–Kier alpha value is -3.38. The maximum atomic E-state index is 12.2. The molecule has 5 nitrogen and oxygen atoms in total. The van der Waals surface area contributed by atoms with Crippen LogP contribution in [0.1, 0.15) is 23.0 Å². The molecule has 1 fully saturated rings. The highest BCUT2D eigenvalue weighted by Crippen LogP contribution is 2.30. The Morgan fingerprint density at radius 3 is 2.50 bits per heavy atom. The zero-order valence-corrected chi connectivity index (χ0v) is 15.8. The molecule has 28 heavy (non-hydrogen) atoms. The number of nitrogens with one attached hydrogen (secondary N) is 1. The van der Waals surface area contributed by atoms with Crippen LogP contribution in [0.25, 0.3) is 17.4 Å². The number of para-hydroxylation sites is 1. The first-order valence-electron chi connectivity index (χ1n) is 8.64. The Bertz CT molecular complexity index is 1100. The van der Waals surface area contributed by atoms with Gasteiger partial charge in [0.05, 0.1) is 10.6 Å². The topological polar surface area (TPSA) is 71.7 Å². The highest BCUT2D eigenvalue weighted by Gasteiger charge is 2.24. The third-order valence-electron chi connectivity index (χ3n) is 4.11. The third kappa shape index (κ3) is 3.97. The summed E-state index contributed by atoms with van der Waals surface area (Å²) in [6.45, 7) is 1.53. The summed E-state index contributed by atoms with van der Waals surface area (Å²) in [7, 11) is 0. The van der Waals surface area contributed by atoms with E-state index >= 15 is 0 Å². The molecule has 4 rings (SSSR count). The van der Waals surface area contributed by atoms with Gasteiger partial charge < -0.3 is 9.73 Å². The molecule has 138 valence electrons. The molecular formula is C22H16N2O3S. The van der Waals surface area contributed by atoms with Crippen molar-refractivity contribution in [3.8, 4) is 11.3 Å². The molecule has 0 unspecified atom stereocenters. The molecule has 0 atom stereocenters. The van der Waals surface area contributed by atoms with Crippen molar-refractivity contribution in [2.24, 2.45) is 4.99 Å². The number of amidine groups is 1. The van der Waals surface area contributed by atoms with Crippen LogP contribution in [0.3, 0.4) is 0 Å². The Morgan fingerprint density at radius 2 is 1.79 bits per heavy atom. The van der Waals surface area contributed by atoms with Gasteiger partial charge in [-0.25, -0.2) is 4.99 Å². The number of carbonyl (C=O) groups is 2. The summed E-state index contributed by atoms with van der Waals surface area (Å²) in [5.74, 6) is 1.06. The van der Waals surface area contributed by atoms with Crippen molar-refractivity contribution < 1.29 is 14.0 Å². The number of benzene rings is 2. The summed E-state index contributed by atoms with van der Waals surface area (Å²) < 4.78 is 5.84. The fraction of sp³-hybridized carbons (Fsp3) is 0.0455. The van der Waals surface area contributed by atoms with Gasteiger partial charge in [-0.2, -0.15) is 0 Å². The van der Waals surface area contributed by atoms with Crippen molar-refractivity contribution in [2.45, 2.75) is 6.92 Å². The van der Waals surface area contributed by atoms with Crippen molar-refractivity contribution in [3.63, 3.8) is 0 Å². The molecule has 0 saturated carbocycles. The van der Waals surface area contributed by atoms with E-state index < -0.39 is 0 Å². The number of carbonyl (C=O) groups excluding carboxylic acids is 2. The van der Waals surface area contributed by atoms with Gasteiger partial charge in [0.1, 0.15) is 11.5 Å². The number of Topliss-reactive ketones (excluding diaryl/α,β-unsaturated/α-hetero) is 1. The summed E-state index contributed by atoms with van der Waals surface area (Å²) >= 11 is 1.27. The maximum Gasteiger partial charge on any atom is 0.264 e. The average molecular weight is 388 g/mol. The van der Waals surface area contributed by atoms with Crippen molar-refractivity contribution in [1.82, 2.24) is 5.32 Å². The minimum atomic E-state index is -0.205. The van der Waals surface area contributed by atoms with E-state index in [9.17, 15) is 9.59 Å². The van der Waals surface area contributed by atoms with Gasteiger partial charge in [-0.1, -0.05) is 42.5 Å². The first-order chi connectivity index (χ1) is 13.6. The van der Waals surface area contributed by atoms with E-state index in [1.54, 1.807) is 24.3 Å². The van der Waals surface area contributed by atoms with E-state index in [1.807, 2.05) is 48.5 Å². The van der Waals surface area contributed by atoms with Crippen LogP contribution in [0.5, 0.6) is 0 Å². The summed E-state index contributed by atoms with van der Waals surface area (Å²) in [4.78, 5) is 28.5. The van der Waals surface area contributed by atoms with Gasteiger partial charge in [-0.3, -0.25) is 9.59 Å². The standard InChI is InChI=1S/C22H16N2O3S/c1-14(25)15-7-9-16(10-8-15)19-12-11-18(27-19)13-20-21(26)24-22(28-20)23-17-5-3-2-4-6-17/h2-13H,1H3,(H,23,24,26)/b20-13+. The lowest BCUT2D eigenvalue weighted by atomic mass is 10.1. The van der Waals surface area contributed by atoms with Gasteiger partial charge in [0.2, 0.25) is 0 Å². The van der Waals surface area contributed by atoms with Gasteiger partial charge >= 0.3 is 0 Å². The molecule has 0 aliphatic carbocycles. The van der Waals surface area contributed by atoms with Gasteiger partial charge in [0.15, 0.2) is 11.0 Å². The molecular weight excluding hydrogens is 372 g/mol. The number of aliphatic imine (C=N–C) groups is 1. The van der Waals surface area contributed by atoms with E-state index in [-0.39, 0.29) is 11.7 Å². The number of thioether (sulfide) groups is 1. The number of ketones is 1. The largest absolute Gasteiger partial charge is 0.457 e. The van der Waals surface area contributed by atoms with E-state index in [1.165, 1.54) is 18.7 Å². The SMILES string of the molecule is CC(=O)c1ccc(-c2ccc(/C=C3/SC(=Nc4ccccc4)NC3=O)o2)cc1. The molecule has 2 heterocycles. The van der Waals surface area contributed by atoms with Gasteiger partial charge in [-0.15, -0.1) is 0 Å². The quantitative estimate of drug-likeness (QED) is 0.502. The Balaban J connectivity index is 1.53. The van der Waals surface area contributed by atoms with Gasteiger partial charge in [-0.05, 0) is 43.0 Å². The number of furan rings is 1. The van der Waals surface area contributed by atoms with Crippen LogP contribution in [0.2, 0.25) is 0 Å². The summed E-state index contributed by atoms with van der Waals surface area (Å²) in [6.07, 6.45) is 1.70. The van der Waals surface area contributed by atoms with Crippen LogP contribution in [0.15, 0.2) is 81.0 Å². The minimum Gasteiger partial charge on any atom is -0.457 e. The van der Waals surface area contributed by atoms with Crippen molar-refractivity contribution >= 4 is 40.4 Å². The molecule has 1 saturated heterocycles. The lowest BCUT2D eigenvalue weighted by Crippen LogP contribution is -2.19. The molecule has 1 aliphatic rings. The van der Waals surface area contributed by atoms with E-state index in [2.05, 4.69) is 10.3 Å². The molecule has 1 aliphatic heterocycles. The maximum absolute atomic E-state index is 12.2. The van der Waals surface area contributed by atoms with Crippen LogP contribution in [0.4, 0.5) is 5.69 Å². The second kappa shape index (κ2) is 7.70. The van der Waals surface area contributed by atoms with Crippen LogP contribution < -0.4 is 5.32 Å². The summed E-state index contributed by atoms with van der Waals surface area (Å²) in [6, 6.07) is 20.3. The fourth-order valence-electron chi connectivity index (χ4n) is 2.68. The van der Waals surface area contributed by atoms with E-state index in [0.29, 0.717) is 27.2 Å². The van der Waals surface area contributed by atoms with Gasteiger partial charge in [0, 0.05) is 17.2 Å². The van der Waals surface area contributed by atoms with Crippen LogP contribution >= 0.6 is 11.8 Å². The molecule has 1 amide bonds. The normalized spacial score (nSPS) is 16.5. The van der Waals surface area contributed by atoms with E-state index in [4.69, 9.17) is 4.42 Å². The van der Waals surface area contributed by atoms with Crippen molar-refractivity contribution in [1.29, 1.82) is 0 Å². The average Bonchev–Trinajstić information content (AvgIpc) is 3.30. The minimum absolute atomic E-state index is 0.0219. The fourth-order valence-corrected chi connectivity index (χ4v) is 3.51. The van der Waals surface area contributed by atoms with Crippen molar-refractivity contribution in [3.05, 3.63) is 83.0 Å². The lowest BCUT2D eigenvalue weighted by Gasteiger charge is -1.99. The highest BCUT2D eigenvalue weighted by atomic mass is 32.2. The van der Waals surface area contributed by atoms with Crippen LogP contribution in [-0.2, 0) is 4.79 Å². The monoisotopic (exact) mass is 388 g/mol. The number of rotatable bonds is 4. The molecule has 0 spiro atoms. The van der Waals surface area contributed by atoms with Crippen LogP contribution in [-0.4, -0.2) is 16.9 Å². The highest BCUT2D eigenvalue weighted by molar-refractivity contribution is 8.18. The number of amides is 1. The predicted molar refractivity (Wildman–Crippen MR) is 111 cm³/mol. The van der Waals surface area contributed by atoms with Gasteiger partial charge in [0.25, 0.3) is 5.91 Å². The first-order valence-corrected chi connectivity index (χ1v) is 9.46. The lowest BCUT2D eigenvalue weighted by molar-refractivity contribution is -0.115. The zero-order chi connectivity index (χ0) is 19.5. The zero-order valence-electron chi connectivity index (χ0n) is 15.0. The summed E-state index contributed by atoms with van der Waals surface area (Å²) in [5.41, 5.74) is 2.30. The van der Waals surface area contributed by atoms with Crippen LogP contribution in [0, 0.1) is 0 Å².